The maximum Gasteiger partial charge on any atom is 0.220 e. The number of nitrogens with two attached hydrogens (primary N) is 1. The molecule has 5 heteroatoms. The summed E-state index contributed by atoms with van der Waals surface area (Å²) in [4.78, 5) is 12.5. The predicted octanol–water partition coefficient (Wildman–Crippen LogP) is 1.80. The lowest BCUT2D eigenvalue weighted by molar-refractivity contribution is -0.121. The van der Waals surface area contributed by atoms with Gasteiger partial charge in [0.05, 0.1) is 4.34 Å². The second-order valence-corrected chi connectivity index (χ2v) is 5.21. The third kappa shape index (κ3) is 4.64. The van der Waals surface area contributed by atoms with Crippen LogP contribution in [-0.4, -0.2) is 18.5 Å². The van der Waals surface area contributed by atoms with Crippen molar-refractivity contribution in [2.75, 3.05) is 6.54 Å². The third-order valence-electron chi connectivity index (χ3n) is 1.99. The van der Waals surface area contributed by atoms with Gasteiger partial charge in [-0.1, -0.05) is 11.6 Å². The van der Waals surface area contributed by atoms with Crippen molar-refractivity contribution in [2.24, 2.45) is 5.73 Å². The van der Waals surface area contributed by atoms with Crippen LogP contribution in [0.5, 0.6) is 0 Å². The molecule has 0 unspecified atom stereocenters. The van der Waals surface area contributed by atoms with E-state index in [4.69, 9.17) is 17.3 Å². The second kappa shape index (κ2) is 6.10. The first kappa shape index (κ1) is 12.5. The van der Waals surface area contributed by atoms with Crippen LogP contribution in [0.15, 0.2) is 12.1 Å². The SMILES string of the molecule is C[C@@H](CN)NC(=O)CCc1ccc(Cl)s1. The molecule has 1 heterocycles. The molecule has 0 aliphatic heterocycles. The number of carbonyl (C=O) groups is 1. The van der Waals surface area contributed by atoms with Crippen LogP contribution < -0.4 is 11.1 Å². The van der Waals surface area contributed by atoms with Gasteiger partial charge in [0, 0.05) is 23.9 Å². The molecule has 0 fully saturated rings. The van der Waals surface area contributed by atoms with Gasteiger partial charge in [-0.15, -0.1) is 11.3 Å². The number of nitrogens with one attached hydrogen (secondary N) is 1. The number of hydrogen-bond acceptors (Lipinski definition) is 3. The van der Waals surface area contributed by atoms with Crippen LogP contribution in [0.3, 0.4) is 0 Å². The van der Waals surface area contributed by atoms with Crippen LogP contribution in [0.25, 0.3) is 0 Å². The minimum absolute atomic E-state index is 0.0393. The second-order valence-electron chi connectivity index (χ2n) is 3.41. The monoisotopic (exact) mass is 246 g/mol. The van der Waals surface area contributed by atoms with Gasteiger partial charge in [0.2, 0.25) is 5.91 Å². The summed E-state index contributed by atoms with van der Waals surface area (Å²) < 4.78 is 0.765. The fraction of sp³-hybridized carbons (Fsp3) is 0.500. The van der Waals surface area contributed by atoms with E-state index < -0.39 is 0 Å². The summed E-state index contributed by atoms with van der Waals surface area (Å²) in [5.41, 5.74) is 5.40. The minimum Gasteiger partial charge on any atom is -0.352 e. The smallest absolute Gasteiger partial charge is 0.220 e. The van der Waals surface area contributed by atoms with Crippen molar-refractivity contribution < 1.29 is 4.79 Å². The summed E-state index contributed by atoms with van der Waals surface area (Å²) in [6, 6.07) is 3.85. The maximum atomic E-state index is 11.4. The van der Waals surface area contributed by atoms with E-state index >= 15 is 0 Å². The quantitative estimate of drug-likeness (QED) is 0.833. The Morgan fingerprint density at radius 3 is 2.93 bits per heavy atom. The first-order valence-electron chi connectivity index (χ1n) is 4.85. The lowest BCUT2D eigenvalue weighted by Crippen LogP contribution is -2.37. The predicted molar refractivity (Wildman–Crippen MR) is 64.3 cm³/mol. The van der Waals surface area contributed by atoms with Crippen LogP contribution in [0.2, 0.25) is 4.34 Å². The third-order valence-corrected chi connectivity index (χ3v) is 3.28. The average Bonchev–Trinajstić information content (AvgIpc) is 2.61. The summed E-state index contributed by atoms with van der Waals surface area (Å²) in [6.45, 7) is 2.36. The van der Waals surface area contributed by atoms with E-state index in [-0.39, 0.29) is 11.9 Å². The highest BCUT2D eigenvalue weighted by atomic mass is 35.5. The molecule has 3 N–H and O–H groups in total. The molecule has 0 aromatic carbocycles. The minimum atomic E-state index is 0.0393. The highest BCUT2D eigenvalue weighted by molar-refractivity contribution is 7.16. The Morgan fingerprint density at radius 2 is 2.40 bits per heavy atom. The lowest BCUT2D eigenvalue weighted by Gasteiger charge is -2.10. The number of rotatable bonds is 5. The summed E-state index contributed by atoms with van der Waals surface area (Å²) >= 11 is 7.30. The van der Waals surface area contributed by atoms with Crippen LogP contribution in [0.4, 0.5) is 0 Å². The Labute approximate surface area is 98.6 Å². The van der Waals surface area contributed by atoms with E-state index in [1.54, 1.807) is 0 Å². The van der Waals surface area contributed by atoms with Crippen LogP contribution in [0.1, 0.15) is 18.2 Å². The van der Waals surface area contributed by atoms with Crippen molar-refractivity contribution in [3.05, 3.63) is 21.3 Å². The number of thiophene rings is 1. The lowest BCUT2D eigenvalue weighted by atomic mass is 10.2. The molecule has 0 saturated carbocycles. The number of amides is 1. The van der Waals surface area contributed by atoms with E-state index in [2.05, 4.69) is 5.32 Å². The van der Waals surface area contributed by atoms with Gasteiger partial charge in [0.15, 0.2) is 0 Å². The number of halogens is 1. The van der Waals surface area contributed by atoms with Gasteiger partial charge >= 0.3 is 0 Å². The zero-order valence-corrected chi connectivity index (χ0v) is 10.2. The summed E-state index contributed by atoms with van der Waals surface area (Å²) in [5, 5.41) is 2.81. The molecule has 0 spiro atoms. The molecule has 0 saturated heterocycles. The van der Waals surface area contributed by atoms with Crippen molar-refractivity contribution in [1.82, 2.24) is 5.32 Å². The molecule has 0 aliphatic carbocycles. The molecule has 0 aliphatic rings. The Hall–Kier alpha value is -0.580. The fourth-order valence-electron chi connectivity index (χ4n) is 1.13. The largest absolute Gasteiger partial charge is 0.352 e. The molecule has 84 valence electrons. The van der Waals surface area contributed by atoms with Gasteiger partial charge in [-0.2, -0.15) is 0 Å². The number of hydrogen-bond donors (Lipinski definition) is 2. The zero-order valence-electron chi connectivity index (χ0n) is 8.63. The maximum absolute atomic E-state index is 11.4. The molecule has 0 radical (unpaired) electrons. The summed E-state index contributed by atoms with van der Waals surface area (Å²) in [6.07, 6.45) is 1.22. The normalized spacial score (nSPS) is 12.5. The molecular weight excluding hydrogens is 232 g/mol. The van der Waals surface area contributed by atoms with Crippen molar-refractivity contribution in [2.45, 2.75) is 25.8 Å². The zero-order chi connectivity index (χ0) is 11.3. The standard InChI is InChI=1S/C10H15ClN2OS/c1-7(6-12)13-10(14)5-3-8-2-4-9(11)15-8/h2,4,7H,3,5-6,12H2,1H3,(H,13,14)/t7-/m0/s1. The Morgan fingerprint density at radius 1 is 1.67 bits per heavy atom. The van der Waals surface area contributed by atoms with Gasteiger partial charge in [0.1, 0.15) is 0 Å². The van der Waals surface area contributed by atoms with E-state index in [0.717, 1.165) is 15.6 Å². The Kier molecular flexibility index (Phi) is 5.08. The first-order valence-corrected chi connectivity index (χ1v) is 6.05. The Balaban J connectivity index is 2.28. The van der Waals surface area contributed by atoms with Gasteiger partial charge < -0.3 is 11.1 Å². The van der Waals surface area contributed by atoms with Gasteiger partial charge in [-0.25, -0.2) is 0 Å². The highest BCUT2D eigenvalue weighted by Gasteiger charge is 2.06. The van der Waals surface area contributed by atoms with E-state index in [0.29, 0.717) is 13.0 Å². The molecule has 3 nitrogen and oxygen atoms in total. The molecule has 1 aromatic heterocycles. The van der Waals surface area contributed by atoms with Crippen LogP contribution in [-0.2, 0) is 11.2 Å². The first-order chi connectivity index (χ1) is 7.11. The van der Waals surface area contributed by atoms with Crippen molar-refractivity contribution >= 4 is 28.8 Å². The van der Waals surface area contributed by atoms with Crippen molar-refractivity contribution in [3.63, 3.8) is 0 Å². The topological polar surface area (TPSA) is 55.1 Å². The average molecular weight is 247 g/mol. The van der Waals surface area contributed by atoms with Crippen molar-refractivity contribution in [1.29, 1.82) is 0 Å². The fourth-order valence-corrected chi connectivity index (χ4v) is 2.22. The van der Waals surface area contributed by atoms with Gasteiger partial charge in [-0.3, -0.25) is 4.79 Å². The number of carbonyl (C=O) groups excluding carboxylic acids is 1. The van der Waals surface area contributed by atoms with Crippen LogP contribution >= 0.6 is 22.9 Å². The summed E-state index contributed by atoms with van der Waals surface area (Å²) in [7, 11) is 0. The molecule has 0 bridgehead atoms. The Bertz CT molecular complexity index is 327. The van der Waals surface area contributed by atoms with E-state index in [1.165, 1.54) is 11.3 Å². The molecule has 1 rings (SSSR count). The molecule has 1 atom stereocenters. The summed E-state index contributed by atoms with van der Waals surface area (Å²) in [5.74, 6) is 0.0393. The number of aryl methyl sites for hydroxylation is 1. The van der Waals surface area contributed by atoms with Gasteiger partial charge in [0.25, 0.3) is 0 Å². The van der Waals surface area contributed by atoms with Crippen LogP contribution in [0, 0.1) is 0 Å². The molecular formula is C10H15ClN2OS. The molecule has 1 aromatic rings. The molecule has 1 amide bonds. The molecule has 15 heavy (non-hydrogen) atoms. The van der Waals surface area contributed by atoms with E-state index in [9.17, 15) is 4.79 Å². The van der Waals surface area contributed by atoms with Gasteiger partial charge in [-0.05, 0) is 25.5 Å². The van der Waals surface area contributed by atoms with Crippen molar-refractivity contribution in [3.8, 4) is 0 Å². The highest BCUT2D eigenvalue weighted by Crippen LogP contribution is 2.22. The van der Waals surface area contributed by atoms with E-state index in [1.807, 2.05) is 19.1 Å².